The number of fused-ring (bicyclic) bond motifs is 1. The van der Waals surface area contributed by atoms with Gasteiger partial charge < -0.3 is 24.8 Å². The lowest BCUT2D eigenvalue weighted by Gasteiger charge is -2.30. The number of benzene rings is 2. The van der Waals surface area contributed by atoms with Crippen LogP contribution >= 0.6 is 0 Å². The lowest BCUT2D eigenvalue weighted by Crippen LogP contribution is -2.50. The van der Waals surface area contributed by atoms with Gasteiger partial charge in [-0.05, 0) is 55.0 Å². The largest absolute Gasteiger partial charge is 0.385 e. The maximum Gasteiger partial charge on any atom is 0.318 e. The van der Waals surface area contributed by atoms with E-state index in [1.54, 1.807) is 29.0 Å². The van der Waals surface area contributed by atoms with Gasteiger partial charge in [-0.1, -0.05) is 49.6 Å². The van der Waals surface area contributed by atoms with Crippen LogP contribution in [0.3, 0.4) is 0 Å². The third-order valence-electron chi connectivity index (χ3n) is 7.29. The number of hydrogen-bond donors (Lipinski definition) is 2. The van der Waals surface area contributed by atoms with Gasteiger partial charge in [0.1, 0.15) is 12.4 Å². The second-order valence-corrected chi connectivity index (χ2v) is 10.1. The molecule has 1 aliphatic rings. The van der Waals surface area contributed by atoms with Crippen LogP contribution in [0.25, 0.3) is 10.9 Å². The van der Waals surface area contributed by atoms with Crippen LogP contribution in [0.2, 0.25) is 0 Å². The predicted molar refractivity (Wildman–Crippen MR) is 147 cm³/mol. The number of nitrogens with one attached hydrogen (secondary N) is 2. The molecule has 2 aromatic carbocycles. The molecule has 8 heteroatoms. The summed E-state index contributed by atoms with van der Waals surface area (Å²) in [6, 6.07) is 14.3. The van der Waals surface area contributed by atoms with E-state index in [0.717, 1.165) is 47.7 Å². The maximum atomic E-state index is 13.7. The van der Waals surface area contributed by atoms with Crippen molar-refractivity contribution in [2.45, 2.75) is 57.5 Å². The highest BCUT2D eigenvalue weighted by Crippen LogP contribution is 2.20. The summed E-state index contributed by atoms with van der Waals surface area (Å²) >= 11 is 0. The van der Waals surface area contributed by atoms with Gasteiger partial charge in [-0.2, -0.15) is 0 Å². The van der Waals surface area contributed by atoms with E-state index in [0.29, 0.717) is 39.1 Å². The predicted octanol–water partition coefficient (Wildman–Crippen LogP) is 5.26. The molecule has 7 nitrogen and oxygen atoms in total. The van der Waals surface area contributed by atoms with Crippen molar-refractivity contribution in [2.24, 2.45) is 0 Å². The van der Waals surface area contributed by atoms with E-state index in [1.165, 1.54) is 18.6 Å². The van der Waals surface area contributed by atoms with Crippen LogP contribution in [0.5, 0.6) is 0 Å². The second-order valence-electron chi connectivity index (χ2n) is 10.1. The van der Waals surface area contributed by atoms with Crippen molar-refractivity contribution in [2.75, 3.05) is 33.4 Å². The van der Waals surface area contributed by atoms with Gasteiger partial charge in [0.15, 0.2) is 0 Å². The zero-order valence-electron chi connectivity index (χ0n) is 22.3. The van der Waals surface area contributed by atoms with Crippen LogP contribution in [0.15, 0.2) is 54.7 Å². The van der Waals surface area contributed by atoms with Crippen molar-refractivity contribution in [3.05, 3.63) is 71.7 Å². The topological polar surface area (TPSA) is 77.7 Å². The number of para-hydroxylation sites is 1. The number of aromatic amines is 1. The van der Waals surface area contributed by atoms with Crippen LogP contribution in [0.1, 0.15) is 49.7 Å². The Morgan fingerprint density at radius 3 is 2.55 bits per heavy atom. The SMILES string of the molecule is COCCCN(CC(=O)N(CCc1c[nH]c2ccccc12)Cc1ccc(F)cc1)C(=O)NC1CCCCC1. The molecule has 3 aromatic rings. The van der Waals surface area contributed by atoms with E-state index < -0.39 is 0 Å². The van der Waals surface area contributed by atoms with Gasteiger partial charge in [-0.25, -0.2) is 9.18 Å². The number of H-pyrrole nitrogens is 1. The van der Waals surface area contributed by atoms with Gasteiger partial charge in [-0.3, -0.25) is 4.79 Å². The molecular formula is C30H39FN4O3. The summed E-state index contributed by atoms with van der Waals surface area (Å²) in [7, 11) is 1.63. The van der Waals surface area contributed by atoms with E-state index >= 15 is 0 Å². The molecule has 1 heterocycles. The number of aromatic nitrogens is 1. The Morgan fingerprint density at radius 2 is 1.79 bits per heavy atom. The number of rotatable bonds is 12. The first-order valence-electron chi connectivity index (χ1n) is 13.6. The van der Waals surface area contributed by atoms with Crippen molar-refractivity contribution in [3.8, 4) is 0 Å². The van der Waals surface area contributed by atoms with E-state index in [9.17, 15) is 14.0 Å². The molecule has 38 heavy (non-hydrogen) atoms. The van der Waals surface area contributed by atoms with Crippen molar-refractivity contribution >= 4 is 22.8 Å². The van der Waals surface area contributed by atoms with Crippen molar-refractivity contribution in [1.82, 2.24) is 20.1 Å². The molecule has 3 amide bonds. The fourth-order valence-corrected chi connectivity index (χ4v) is 5.12. The first kappa shape index (κ1) is 27.6. The van der Waals surface area contributed by atoms with Gasteiger partial charge in [0.2, 0.25) is 5.91 Å². The quantitative estimate of drug-likeness (QED) is 0.319. The summed E-state index contributed by atoms with van der Waals surface area (Å²) in [6.07, 6.45) is 8.70. The van der Waals surface area contributed by atoms with Crippen LogP contribution in [0, 0.1) is 5.82 Å². The number of amides is 3. The van der Waals surface area contributed by atoms with Gasteiger partial charge in [0, 0.05) is 56.5 Å². The fraction of sp³-hybridized carbons (Fsp3) is 0.467. The first-order valence-corrected chi connectivity index (χ1v) is 13.6. The molecule has 1 fully saturated rings. The summed E-state index contributed by atoms with van der Waals surface area (Å²) in [5.74, 6) is -0.445. The summed E-state index contributed by atoms with van der Waals surface area (Å²) in [5, 5.41) is 4.28. The molecular weight excluding hydrogens is 483 g/mol. The minimum atomic E-state index is -0.311. The van der Waals surface area contributed by atoms with Crippen LogP contribution in [-0.4, -0.2) is 66.1 Å². The Morgan fingerprint density at radius 1 is 1.03 bits per heavy atom. The zero-order chi connectivity index (χ0) is 26.7. The molecule has 0 atom stereocenters. The minimum absolute atomic E-state index is 0.0165. The van der Waals surface area contributed by atoms with E-state index in [2.05, 4.69) is 16.4 Å². The van der Waals surface area contributed by atoms with Gasteiger partial charge in [0.05, 0.1) is 0 Å². The third-order valence-corrected chi connectivity index (χ3v) is 7.29. The number of ether oxygens (including phenoxy) is 1. The van der Waals surface area contributed by atoms with Crippen molar-refractivity contribution < 1.29 is 18.7 Å². The van der Waals surface area contributed by atoms with Crippen LogP contribution in [0.4, 0.5) is 9.18 Å². The molecule has 0 saturated heterocycles. The number of carbonyl (C=O) groups is 2. The van der Waals surface area contributed by atoms with Gasteiger partial charge >= 0.3 is 6.03 Å². The normalized spacial score (nSPS) is 13.9. The summed E-state index contributed by atoms with van der Waals surface area (Å²) in [5.41, 5.74) is 3.03. The molecule has 0 bridgehead atoms. The van der Waals surface area contributed by atoms with E-state index in [4.69, 9.17) is 4.74 Å². The smallest absolute Gasteiger partial charge is 0.318 e. The number of carbonyl (C=O) groups excluding carboxylic acids is 2. The van der Waals surface area contributed by atoms with Gasteiger partial charge in [-0.15, -0.1) is 0 Å². The number of halogens is 1. The molecule has 0 aliphatic heterocycles. The van der Waals surface area contributed by atoms with Crippen molar-refractivity contribution in [1.29, 1.82) is 0 Å². The molecule has 204 valence electrons. The monoisotopic (exact) mass is 522 g/mol. The number of urea groups is 1. The Hall–Kier alpha value is -3.39. The highest BCUT2D eigenvalue weighted by atomic mass is 19.1. The van der Waals surface area contributed by atoms with Crippen molar-refractivity contribution in [3.63, 3.8) is 0 Å². The average Bonchev–Trinajstić information content (AvgIpc) is 3.35. The molecule has 0 spiro atoms. The summed E-state index contributed by atoms with van der Waals surface area (Å²) in [4.78, 5) is 33.6. The Balaban J connectivity index is 1.47. The lowest BCUT2D eigenvalue weighted by molar-refractivity contribution is -0.132. The molecule has 0 radical (unpaired) electrons. The second kappa shape index (κ2) is 14.0. The number of nitrogens with zero attached hydrogens (tertiary/aromatic N) is 2. The molecule has 1 saturated carbocycles. The molecule has 0 unspecified atom stereocenters. The zero-order valence-corrected chi connectivity index (χ0v) is 22.3. The van der Waals surface area contributed by atoms with Crippen LogP contribution in [-0.2, 0) is 22.5 Å². The van der Waals surface area contributed by atoms with E-state index in [-0.39, 0.29) is 30.3 Å². The Bertz CT molecular complexity index is 1170. The average molecular weight is 523 g/mol. The van der Waals surface area contributed by atoms with Crippen LogP contribution < -0.4 is 5.32 Å². The molecule has 4 rings (SSSR count). The summed E-state index contributed by atoms with van der Waals surface area (Å²) in [6.45, 7) is 1.76. The minimum Gasteiger partial charge on any atom is -0.385 e. The summed E-state index contributed by atoms with van der Waals surface area (Å²) < 4.78 is 18.7. The third kappa shape index (κ3) is 7.81. The van der Waals surface area contributed by atoms with E-state index in [1.807, 2.05) is 24.4 Å². The number of methoxy groups -OCH3 is 1. The molecule has 1 aromatic heterocycles. The maximum absolute atomic E-state index is 13.7. The lowest BCUT2D eigenvalue weighted by atomic mass is 9.96. The Kier molecular flexibility index (Phi) is 10.1. The highest BCUT2D eigenvalue weighted by molar-refractivity contribution is 5.85. The fourth-order valence-electron chi connectivity index (χ4n) is 5.12. The highest BCUT2D eigenvalue weighted by Gasteiger charge is 2.24. The van der Waals surface area contributed by atoms with Gasteiger partial charge in [0.25, 0.3) is 0 Å². The molecule has 2 N–H and O–H groups in total. The number of hydrogen-bond acceptors (Lipinski definition) is 3. The Labute approximate surface area is 224 Å². The standard InChI is InChI=1S/C30H39FN4O3/c1-38-19-7-17-35(30(37)33-26-8-3-2-4-9-26)22-29(36)34(21-23-12-14-25(31)15-13-23)18-16-24-20-32-28-11-6-5-10-27(24)28/h5-6,10-15,20,26,32H,2-4,7-9,16-19,21-22H2,1H3,(H,33,37). The first-order chi connectivity index (χ1) is 18.5. The molecule has 1 aliphatic carbocycles.